The van der Waals surface area contributed by atoms with Gasteiger partial charge in [0.25, 0.3) is 5.91 Å². The summed E-state index contributed by atoms with van der Waals surface area (Å²) < 4.78 is 0.797. The summed E-state index contributed by atoms with van der Waals surface area (Å²) in [6.07, 6.45) is 0. The molecule has 0 spiro atoms. The lowest BCUT2D eigenvalue weighted by Crippen LogP contribution is -3.00. The van der Waals surface area contributed by atoms with Gasteiger partial charge in [-0.1, -0.05) is 18.2 Å². The van der Waals surface area contributed by atoms with Crippen LogP contribution in [0.4, 0.5) is 5.69 Å². The van der Waals surface area contributed by atoms with Gasteiger partial charge >= 0.3 is 0 Å². The number of likely N-dealkylation sites (N-methyl/N-ethyl adjacent to an activating group) is 1. The SMILES string of the molecule is CC[N+](CC)(CC)C(C)(C)C(=O)Nc1ccccc1.[Cl-]. The van der Waals surface area contributed by atoms with Crippen LogP contribution in [0.3, 0.4) is 0 Å². The largest absolute Gasteiger partial charge is 1.00 e. The Morgan fingerprint density at radius 2 is 1.50 bits per heavy atom. The first kappa shape index (κ1) is 18.9. The van der Waals surface area contributed by atoms with Crippen molar-refractivity contribution in [2.24, 2.45) is 0 Å². The molecule has 3 nitrogen and oxygen atoms in total. The van der Waals surface area contributed by atoms with E-state index in [4.69, 9.17) is 0 Å². The fraction of sp³-hybridized carbons (Fsp3) is 0.562. The Morgan fingerprint density at radius 1 is 1.05 bits per heavy atom. The number of rotatable bonds is 6. The zero-order valence-electron chi connectivity index (χ0n) is 13.2. The smallest absolute Gasteiger partial charge is 0.285 e. The number of halogens is 1. The van der Waals surface area contributed by atoms with E-state index < -0.39 is 5.54 Å². The van der Waals surface area contributed by atoms with Crippen molar-refractivity contribution in [3.05, 3.63) is 30.3 Å². The first-order valence-electron chi connectivity index (χ1n) is 7.16. The molecule has 20 heavy (non-hydrogen) atoms. The van der Waals surface area contributed by atoms with Crippen LogP contribution in [-0.4, -0.2) is 35.6 Å². The van der Waals surface area contributed by atoms with E-state index in [9.17, 15) is 4.79 Å². The number of hydrogen-bond acceptors (Lipinski definition) is 1. The summed E-state index contributed by atoms with van der Waals surface area (Å²) in [6.45, 7) is 13.4. The number of carbonyl (C=O) groups excluding carboxylic acids is 1. The van der Waals surface area contributed by atoms with Crippen molar-refractivity contribution < 1.29 is 21.7 Å². The third kappa shape index (κ3) is 3.53. The molecular formula is C16H27ClN2O. The Hall–Kier alpha value is -1.06. The summed E-state index contributed by atoms with van der Waals surface area (Å²) in [6, 6.07) is 9.67. The highest BCUT2D eigenvalue weighted by atomic mass is 35.5. The van der Waals surface area contributed by atoms with Crippen molar-refractivity contribution in [2.45, 2.75) is 40.2 Å². The lowest BCUT2D eigenvalue weighted by Gasteiger charge is -2.47. The molecule has 1 aromatic rings. The quantitative estimate of drug-likeness (QED) is 0.751. The van der Waals surface area contributed by atoms with Crippen molar-refractivity contribution in [3.63, 3.8) is 0 Å². The van der Waals surface area contributed by atoms with Gasteiger partial charge in [-0.05, 0) is 46.8 Å². The monoisotopic (exact) mass is 298 g/mol. The van der Waals surface area contributed by atoms with Crippen LogP contribution < -0.4 is 17.7 Å². The molecule has 1 amide bonds. The van der Waals surface area contributed by atoms with Gasteiger partial charge in [-0.25, -0.2) is 0 Å². The fourth-order valence-corrected chi connectivity index (χ4v) is 2.88. The normalized spacial score (nSPS) is 11.7. The van der Waals surface area contributed by atoms with Crippen LogP contribution in [0.5, 0.6) is 0 Å². The van der Waals surface area contributed by atoms with Gasteiger partial charge in [-0.2, -0.15) is 0 Å². The molecule has 0 unspecified atom stereocenters. The molecule has 0 fully saturated rings. The molecule has 0 bridgehead atoms. The number of amides is 1. The van der Waals surface area contributed by atoms with E-state index in [1.165, 1.54) is 0 Å². The first-order chi connectivity index (χ1) is 8.93. The lowest BCUT2D eigenvalue weighted by molar-refractivity contribution is -0.958. The number of quaternary nitrogens is 1. The third-order valence-electron chi connectivity index (χ3n) is 4.59. The summed E-state index contributed by atoms with van der Waals surface area (Å²) in [5.41, 5.74) is 0.427. The second kappa shape index (κ2) is 7.65. The van der Waals surface area contributed by atoms with E-state index in [-0.39, 0.29) is 18.3 Å². The van der Waals surface area contributed by atoms with E-state index in [0.717, 1.165) is 29.8 Å². The number of benzene rings is 1. The maximum Gasteiger partial charge on any atom is 0.285 e. The summed E-state index contributed by atoms with van der Waals surface area (Å²) in [4.78, 5) is 12.6. The Kier molecular flexibility index (Phi) is 7.25. The minimum absolute atomic E-state index is 0. The van der Waals surface area contributed by atoms with Gasteiger partial charge in [0.15, 0.2) is 5.54 Å². The number of para-hydroxylation sites is 1. The van der Waals surface area contributed by atoms with E-state index in [1.807, 2.05) is 44.2 Å². The number of nitrogens with one attached hydrogen (secondary N) is 1. The van der Waals surface area contributed by atoms with Crippen molar-refractivity contribution in [1.82, 2.24) is 0 Å². The number of carbonyl (C=O) groups is 1. The van der Waals surface area contributed by atoms with Crippen molar-refractivity contribution >= 4 is 11.6 Å². The minimum Gasteiger partial charge on any atom is -1.00 e. The van der Waals surface area contributed by atoms with Crippen LogP contribution in [0.15, 0.2) is 30.3 Å². The van der Waals surface area contributed by atoms with Gasteiger partial charge in [0.1, 0.15) is 0 Å². The van der Waals surface area contributed by atoms with Crippen LogP contribution in [0.25, 0.3) is 0 Å². The highest BCUT2D eigenvalue weighted by Gasteiger charge is 2.46. The Labute approximate surface area is 129 Å². The molecule has 0 aliphatic heterocycles. The van der Waals surface area contributed by atoms with Gasteiger partial charge in [0.05, 0.1) is 19.6 Å². The van der Waals surface area contributed by atoms with E-state index in [2.05, 4.69) is 26.1 Å². The molecule has 0 saturated heterocycles. The number of anilines is 1. The maximum atomic E-state index is 12.6. The molecule has 4 heteroatoms. The minimum atomic E-state index is -0.436. The van der Waals surface area contributed by atoms with Crippen molar-refractivity contribution in [3.8, 4) is 0 Å². The van der Waals surface area contributed by atoms with E-state index in [1.54, 1.807) is 0 Å². The predicted molar refractivity (Wildman–Crippen MR) is 81.0 cm³/mol. The number of nitrogens with zero attached hydrogens (tertiary/aromatic N) is 1. The van der Waals surface area contributed by atoms with E-state index in [0.29, 0.717) is 0 Å². The Morgan fingerprint density at radius 3 is 1.90 bits per heavy atom. The van der Waals surface area contributed by atoms with Crippen LogP contribution in [0, 0.1) is 0 Å². The molecule has 0 aliphatic rings. The average Bonchev–Trinajstić information content (AvgIpc) is 2.42. The second-order valence-corrected chi connectivity index (χ2v) is 5.47. The molecular weight excluding hydrogens is 272 g/mol. The standard InChI is InChI=1S/C16H26N2O.ClH/c1-6-18(7-2,8-3)16(4,5)15(19)17-14-12-10-9-11-13-14;/h9-13H,6-8H2,1-5H3;1H. The van der Waals surface area contributed by atoms with Crippen LogP contribution >= 0.6 is 0 Å². The molecule has 0 atom stereocenters. The molecule has 1 rings (SSSR count). The van der Waals surface area contributed by atoms with Gasteiger partial charge in [-0.3, -0.25) is 4.79 Å². The molecule has 0 aromatic heterocycles. The summed E-state index contributed by atoms with van der Waals surface area (Å²) in [5.74, 6) is 0.0873. The van der Waals surface area contributed by atoms with Crippen LogP contribution in [-0.2, 0) is 4.79 Å². The topological polar surface area (TPSA) is 29.1 Å². The molecule has 0 saturated carbocycles. The third-order valence-corrected chi connectivity index (χ3v) is 4.59. The van der Waals surface area contributed by atoms with Gasteiger partial charge in [0, 0.05) is 5.69 Å². The number of hydrogen-bond donors (Lipinski definition) is 1. The van der Waals surface area contributed by atoms with Gasteiger partial charge < -0.3 is 22.2 Å². The van der Waals surface area contributed by atoms with Gasteiger partial charge in [0.2, 0.25) is 0 Å². The maximum absolute atomic E-state index is 12.6. The zero-order chi connectivity index (χ0) is 14.5. The summed E-state index contributed by atoms with van der Waals surface area (Å²) >= 11 is 0. The molecule has 1 aromatic carbocycles. The van der Waals surface area contributed by atoms with Crippen molar-refractivity contribution in [1.29, 1.82) is 0 Å². The lowest BCUT2D eigenvalue weighted by atomic mass is 9.96. The zero-order valence-corrected chi connectivity index (χ0v) is 14.0. The highest BCUT2D eigenvalue weighted by Crippen LogP contribution is 2.26. The predicted octanol–water partition coefficient (Wildman–Crippen LogP) is 0.284. The Balaban J connectivity index is 0.00000361. The van der Waals surface area contributed by atoms with Crippen LogP contribution in [0.1, 0.15) is 34.6 Å². The van der Waals surface area contributed by atoms with E-state index >= 15 is 0 Å². The summed E-state index contributed by atoms with van der Waals surface area (Å²) in [5, 5.41) is 3.04. The molecule has 1 N–H and O–H groups in total. The average molecular weight is 299 g/mol. The Bertz CT molecular complexity index is 405. The first-order valence-corrected chi connectivity index (χ1v) is 7.16. The van der Waals surface area contributed by atoms with Gasteiger partial charge in [-0.15, -0.1) is 0 Å². The molecule has 0 radical (unpaired) electrons. The van der Waals surface area contributed by atoms with Crippen LogP contribution in [0.2, 0.25) is 0 Å². The highest BCUT2D eigenvalue weighted by molar-refractivity contribution is 5.96. The fourth-order valence-electron chi connectivity index (χ4n) is 2.88. The second-order valence-electron chi connectivity index (χ2n) is 5.47. The molecule has 0 aliphatic carbocycles. The molecule has 0 heterocycles. The summed E-state index contributed by atoms with van der Waals surface area (Å²) in [7, 11) is 0. The molecule has 114 valence electrons. The van der Waals surface area contributed by atoms with Crippen molar-refractivity contribution in [2.75, 3.05) is 25.0 Å².